The predicted molar refractivity (Wildman–Crippen MR) is 119 cm³/mol. The van der Waals surface area contributed by atoms with Crippen molar-refractivity contribution >= 4 is 0 Å². The molecule has 0 aromatic carbocycles. The van der Waals surface area contributed by atoms with Crippen LogP contribution in [0.4, 0.5) is 0 Å². The topological polar surface area (TPSA) is 58.9 Å². The molecule has 0 bridgehead atoms. The monoisotopic (exact) mass is 432 g/mol. The molecule has 6 unspecified atom stereocenters. The van der Waals surface area contributed by atoms with Gasteiger partial charge in [0.2, 0.25) is 0 Å². The van der Waals surface area contributed by atoms with Crippen molar-refractivity contribution < 1.29 is 19.7 Å². The van der Waals surface area contributed by atoms with E-state index in [1.54, 1.807) is 0 Å². The van der Waals surface area contributed by atoms with Crippen LogP contribution in [0.5, 0.6) is 0 Å². The third-order valence-electron chi connectivity index (χ3n) is 12.0. The van der Waals surface area contributed by atoms with Crippen molar-refractivity contribution in [1.82, 2.24) is 0 Å². The van der Waals surface area contributed by atoms with Crippen LogP contribution in [0.2, 0.25) is 0 Å². The quantitative estimate of drug-likeness (QED) is 0.579. The van der Waals surface area contributed by atoms with Crippen molar-refractivity contribution in [2.24, 2.45) is 52.3 Å². The Morgan fingerprint density at radius 1 is 0.871 bits per heavy atom. The van der Waals surface area contributed by atoms with Gasteiger partial charge in [0.25, 0.3) is 0 Å². The highest BCUT2D eigenvalue weighted by atomic mass is 16.7. The maximum atomic E-state index is 11.8. The molecule has 2 N–H and O–H groups in total. The first kappa shape index (κ1) is 21.4. The molecular weight excluding hydrogens is 388 g/mol. The summed E-state index contributed by atoms with van der Waals surface area (Å²) < 4.78 is 13.3. The van der Waals surface area contributed by atoms with Gasteiger partial charge in [-0.3, -0.25) is 0 Å². The molecule has 1 spiro atoms. The van der Waals surface area contributed by atoms with Gasteiger partial charge in [-0.1, -0.05) is 27.7 Å². The van der Waals surface area contributed by atoms with Gasteiger partial charge in [-0.05, 0) is 86.4 Å². The summed E-state index contributed by atoms with van der Waals surface area (Å²) in [5.74, 6) is 3.46. The first-order chi connectivity index (χ1) is 14.7. The Kier molecular flexibility index (Phi) is 4.78. The van der Waals surface area contributed by atoms with Crippen LogP contribution in [-0.4, -0.2) is 40.9 Å². The molecule has 4 heteroatoms. The zero-order chi connectivity index (χ0) is 21.8. The summed E-state index contributed by atoms with van der Waals surface area (Å²) in [7, 11) is 0. The van der Waals surface area contributed by atoms with Gasteiger partial charge >= 0.3 is 0 Å². The summed E-state index contributed by atoms with van der Waals surface area (Å²) in [4.78, 5) is 0. The Hall–Kier alpha value is -0.160. The minimum Gasteiger partial charge on any atom is -0.393 e. The van der Waals surface area contributed by atoms with Crippen LogP contribution in [0.1, 0.15) is 85.5 Å². The summed E-state index contributed by atoms with van der Waals surface area (Å²) in [5, 5.41) is 22.1. The second-order valence-corrected chi connectivity index (χ2v) is 13.2. The molecule has 0 aromatic rings. The molecule has 4 nitrogen and oxygen atoms in total. The van der Waals surface area contributed by atoms with E-state index in [9.17, 15) is 10.2 Å². The number of ether oxygens (including phenoxy) is 2. The van der Waals surface area contributed by atoms with Gasteiger partial charge in [-0.15, -0.1) is 0 Å². The summed E-state index contributed by atoms with van der Waals surface area (Å²) in [6.45, 7) is 10.3. The number of aliphatic hydroxyl groups is 2. The van der Waals surface area contributed by atoms with Crippen LogP contribution in [-0.2, 0) is 9.47 Å². The fourth-order valence-electron chi connectivity index (χ4n) is 10.2. The number of hydrogen-bond donors (Lipinski definition) is 2. The van der Waals surface area contributed by atoms with Gasteiger partial charge < -0.3 is 19.7 Å². The Morgan fingerprint density at radius 2 is 1.68 bits per heavy atom. The lowest BCUT2D eigenvalue weighted by Crippen LogP contribution is -2.59. The maximum absolute atomic E-state index is 11.8. The fourth-order valence-corrected chi connectivity index (χ4v) is 10.2. The highest BCUT2D eigenvalue weighted by molar-refractivity contribution is 5.17. The van der Waals surface area contributed by atoms with E-state index in [2.05, 4.69) is 27.7 Å². The van der Waals surface area contributed by atoms with Gasteiger partial charge in [0.15, 0.2) is 5.79 Å². The molecule has 2 saturated heterocycles. The predicted octanol–water partition coefficient (Wildman–Crippen LogP) is 4.76. The Balaban J connectivity index is 1.29. The molecule has 4 aliphatic carbocycles. The second-order valence-electron chi connectivity index (χ2n) is 13.2. The van der Waals surface area contributed by atoms with E-state index in [0.29, 0.717) is 46.8 Å². The number of fused-ring (bicyclic) bond motifs is 7. The van der Waals surface area contributed by atoms with Gasteiger partial charge in [-0.25, -0.2) is 0 Å². The van der Waals surface area contributed by atoms with Crippen molar-refractivity contribution in [3.63, 3.8) is 0 Å². The van der Waals surface area contributed by atoms with Crippen molar-refractivity contribution in [2.75, 3.05) is 6.61 Å². The van der Waals surface area contributed by atoms with Gasteiger partial charge in [-0.2, -0.15) is 0 Å². The number of rotatable bonds is 0. The smallest absolute Gasteiger partial charge is 0.171 e. The minimum absolute atomic E-state index is 0.0570. The molecule has 4 saturated carbocycles. The molecule has 6 fully saturated rings. The van der Waals surface area contributed by atoms with Crippen LogP contribution in [0, 0.1) is 52.3 Å². The minimum atomic E-state index is -0.407. The summed E-state index contributed by atoms with van der Waals surface area (Å²) in [5.41, 5.74) is 0.233. The lowest BCUT2D eigenvalue weighted by Gasteiger charge is -2.62. The largest absolute Gasteiger partial charge is 0.393 e. The molecule has 2 aliphatic heterocycles. The van der Waals surface area contributed by atoms with E-state index in [1.165, 1.54) is 19.3 Å². The molecule has 13 atom stereocenters. The van der Waals surface area contributed by atoms with E-state index in [1.807, 2.05) is 0 Å². The molecular formula is C27H44O4. The molecule has 0 amide bonds. The normalized spacial score (nSPS) is 63.3. The fraction of sp³-hybridized carbons (Fsp3) is 1.00. The van der Waals surface area contributed by atoms with Crippen molar-refractivity contribution in [3.8, 4) is 0 Å². The number of aliphatic hydroxyl groups excluding tert-OH is 2. The third-order valence-corrected chi connectivity index (χ3v) is 12.0. The lowest BCUT2D eigenvalue weighted by atomic mass is 9.43. The van der Waals surface area contributed by atoms with Crippen LogP contribution in [0.25, 0.3) is 0 Å². The lowest BCUT2D eigenvalue weighted by molar-refractivity contribution is -0.274. The zero-order valence-corrected chi connectivity index (χ0v) is 20.1. The summed E-state index contributed by atoms with van der Waals surface area (Å²) in [6, 6.07) is 0. The van der Waals surface area contributed by atoms with Crippen LogP contribution in [0.15, 0.2) is 0 Å². The van der Waals surface area contributed by atoms with Crippen LogP contribution >= 0.6 is 0 Å². The van der Waals surface area contributed by atoms with Crippen molar-refractivity contribution in [3.05, 3.63) is 0 Å². The Morgan fingerprint density at radius 3 is 2.42 bits per heavy atom. The second kappa shape index (κ2) is 6.93. The highest BCUT2D eigenvalue weighted by Crippen LogP contribution is 2.71. The molecule has 6 rings (SSSR count). The van der Waals surface area contributed by atoms with Crippen molar-refractivity contribution in [1.29, 1.82) is 0 Å². The molecule has 2 heterocycles. The third kappa shape index (κ3) is 2.74. The van der Waals surface area contributed by atoms with Gasteiger partial charge in [0.1, 0.15) is 0 Å². The highest BCUT2D eigenvalue weighted by Gasteiger charge is 2.71. The van der Waals surface area contributed by atoms with Gasteiger partial charge in [0.05, 0.1) is 24.9 Å². The number of hydrogen-bond acceptors (Lipinski definition) is 4. The van der Waals surface area contributed by atoms with E-state index >= 15 is 0 Å². The average molecular weight is 433 g/mol. The zero-order valence-electron chi connectivity index (χ0n) is 20.1. The first-order valence-corrected chi connectivity index (χ1v) is 13.4. The van der Waals surface area contributed by atoms with Crippen LogP contribution in [0.3, 0.4) is 0 Å². The summed E-state index contributed by atoms with van der Waals surface area (Å²) in [6.07, 6.45) is 9.70. The first-order valence-electron chi connectivity index (χ1n) is 13.4. The Bertz CT molecular complexity index is 716. The van der Waals surface area contributed by atoms with E-state index in [-0.39, 0.29) is 23.7 Å². The van der Waals surface area contributed by atoms with Crippen molar-refractivity contribution in [2.45, 2.75) is 110 Å². The SMILES string of the molecule is CC1CCC2(OC1)O[C@H]1CC3C4CC[C@H]5C[C@@H](O)CC[C@]5(C)C4C[C@@H](O)[C@]3(C)C1[C@@H]2C. The van der Waals surface area contributed by atoms with E-state index < -0.39 is 5.79 Å². The standard InChI is InChI=1S/C27H44O4/c1-15-7-10-27(30-14-15)16(2)24-22(31-27)12-21-19-6-5-17-11-18(28)8-9-25(17,3)20(19)13-23(29)26(21,24)4/h15-24,28-29H,5-14H2,1-4H3/t15?,16-,17-,18-,19?,20?,21?,22-,23+,24?,25-,26+,27?/m0/s1. The van der Waals surface area contributed by atoms with E-state index in [4.69, 9.17) is 9.47 Å². The summed E-state index contributed by atoms with van der Waals surface area (Å²) >= 11 is 0. The Labute approximate surface area is 188 Å². The maximum Gasteiger partial charge on any atom is 0.171 e. The van der Waals surface area contributed by atoms with Gasteiger partial charge in [0, 0.05) is 23.7 Å². The molecule has 6 aliphatic rings. The molecule has 31 heavy (non-hydrogen) atoms. The molecule has 0 aromatic heterocycles. The van der Waals surface area contributed by atoms with Crippen LogP contribution < -0.4 is 0 Å². The molecule has 176 valence electrons. The molecule has 0 radical (unpaired) electrons. The average Bonchev–Trinajstić information content (AvgIpc) is 3.18. The van der Waals surface area contributed by atoms with E-state index in [0.717, 1.165) is 45.1 Å².